The van der Waals surface area contributed by atoms with Crippen LogP contribution in [-0.2, 0) is 16.0 Å². The molecule has 0 unspecified atom stereocenters. The number of benzene rings is 1. The second-order valence-electron chi connectivity index (χ2n) is 3.50. The molecule has 0 saturated heterocycles. The Morgan fingerprint density at radius 2 is 1.88 bits per heavy atom. The zero-order valence-corrected chi connectivity index (χ0v) is 9.04. The molecule has 0 saturated carbocycles. The molecule has 0 radical (unpaired) electrons. The summed E-state index contributed by atoms with van der Waals surface area (Å²) < 4.78 is 26.5. The Labute approximate surface area is 96.3 Å². The summed E-state index contributed by atoms with van der Waals surface area (Å²) in [6.07, 6.45) is -0.437. The zero-order chi connectivity index (χ0) is 13.0. The Morgan fingerprint density at radius 1 is 1.35 bits per heavy atom. The predicted molar refractivity (Wildman–Crippen MR) is 55.3 cm³/mol. The minimum Gasteiger partial charge on any atom is -0.480 e. The van der Waals surface area contributed by atoms with Gasteiger partial charge in [0.1, 0.15) is 17.7 Å². The molecular weight excluding hydrogens is 232 g/mol. The molecule has 92 valence electrons. The van der Waals surface area contributed by atoms with E-state index in [2.05, 4.69) is 5.32 Å². The molecule has 0 aliphatic carbocycles. The number of hydrogen-bond acceptors (Lipinski definition) is 2. The van der Waals surface area contributed by atoms with Crippen molar-refractivity contribution in [3.05, 3.63) is 35.4 Å². The first-order valence-electron chi connectivity index (χ1n) is 4.84. The molecule has 0 spiro atoms. The van der Waals surface area contributed by atoms with Gasteiger partial charge in [0, 0.05) is 18.9 Å². The molecule has 17 heavy (non-hydrogen) atoms. The number of rotatable bonds is 4. The lowest BCUT2D eigenvalue weighted by Crippen LogP contribution is -2.41. The lowest BCUT2D eigenvalue weighted by atomic mass is 10.0. The highest BCUT2D eigenvalue weighted by molar-refractivity contribution is 5.82. The average Bonchev–Trinajstić information content (AvgIpc) is 2.21. The summed E-state index contributed by atoms with van der Waals surface area (Å²) in [6.45, 7) is 1.13. The average molecular weight is 243 g/mol. The van der Waals surface area contributed by atoms with Crippen LogP contribution in [0.1, 0.15) is 12.5 Å². The highest BCUT2D eigenvalue weighted by Crippen LogP contribution is 2.14. The minimum absolute atomic E-state index is 0.353. The van der Waals surface area contributed by atoms with E-state index in [9.17, 15) is 18.4 Å². The van der Waals surface area contributed by atoms with E-state index in [-0.39, 0.29) is 5.56 Å². The summed E-state index contributed by atoms with van der Waals surface area (Å²) in [4.78, 5) is 21.6. The summed E-state index contributed by atoms with van der Waals surface area (Å²) in [5.74, 6) is -3.58. The van der Waals surface area contributed by atoms with Crippen molar-refractivity contribution in [2.24, 2.45) is 0 Å². The van der Waals surface area contributed by atoms with Gasteiger partial charge in [0.05, 0.1) is 0 Å². The van der Waals surface area contributed by atoms with E-state index in [1.807, 2.05) is 0 Å². The van der Waals surface area contributed by atoms with Crippen LogP contribution in [0.5, 0.6) is 0 Å². The van der Waals surface area contributed by atoms with Gasteiger partial charge in [0.25, 0.3) is 0 Å². The number of halogens is 2. The molecule has 6 heteroatoms. The Morgan fingerprint density at radius 3 is 2.29 bits per heavy atom. The number of nitrogens with one attached hydrogen (secondary N) is 1. The van der Waals surface area contributed by atoms with Gasteiger partial charge in [-0.05, 0) is 12.1 Å². The number of carbonyl (C=O) groups is 2. The van der Waals surface area contributed by atoms with Crippen LogP contribution in [0.4, 0.5) is 8.78 Å². The van der Waals surface area contributed by atoms with E-state index in [1.165, 1.54) is 6.07 Å². The highest BCUT2D eigenvalue weighted by Gasteiger charge is 2.22. The predicted octanol–water partition coefficient (Wildman–Crippen LogP) is 1.10. The lowest BCUT2D eigenvalue weighted by Gasteiger charge is -2.14. The van der Waals surface area contributed by atoms with Gasteiger partial charge in [0.2, 0.25) is 5.91 Å². The van der Waals surface area contributed by atoms with Crippen molar-refractivity contribution in [2.45, 2.75) is 19.4 Å². The maximum atomic E-state index is 13.3. The number of carboxylic acid groups (broad SMARTS) is 1. The molecule has 1 aromatic carbocycles. The maximum Gasteiger partial charge on any atom is 0.326 e. The van der Waals surface area contributed by atoms with Crippen molar-refractivity contribution in [1.82, 2.24) is 5.32 Å². The van der Waals surface area contributed by atoms with Crippen molar-refractivity contribution in [3.63, 3.8) is 0 Å². The van der Waals surface area contributed by atoms with E-state index in [0.29, 0.717) is 0 Å². The van der Waals surface area contributed by atoms with E-state index in [4.69, 9.17) is 5.11 Å². The first-order valence-corrected chi connectivity index (χ1v) is 4.84. The van der Waals surface area contributed by atoms with E-state index < -0.39 is 36.0 Å². The Bertz CT molecular complexity index is 428. The lowest BCUT2D eigenvalue weighted by molar-refractivity contribution is -0.141. The molecule has 0 fully saturated rings. The van der Waals surface area contributed by atoms with Crippen LogP contribution in [0.25, 0.3) is 0 Å². The minimum atomic E-state index is -1.35. The molecule has 2 N–H and O–H groups in total. The van der Waals surface area contributed by atoms with Crippen molar-refractivity contribution in [1.29, 1.82) is 0 Å². The standard InChI is InChI=1S/C11H11F2NO3/c1-6(15)14-10(11(16)17)5-7-8(12)3-2-4-9(7)13/h2-4,10H,5H2,1H3,(H,14,15)(H,16,17)/t10-/m1/s1. The first-order chi connectivity index (χ1) is 7.91. The van der Waals surface area contributed by atoms with Gasteiger partial charge in [-0.1, -0.05) is 6.07 Å². The summed E-state index contributed by atoms with van der Waals surface area (Å²) in [5, 5.41) is 10.9. The summed E-state index contributed by atoms with van der Waals surface area (Å²) in [7, 11) is 0. The second kappa shape index (κ2) is 5.38. The van der Waals surface area contributed by atoms with Gasteiger partial charge in [-0.2, -0.15) is 0 Å². The van der Waals surface area contributed by atoms with Gasteiger partial charge in [-0.25, -0.2) is 13.6 Å². The Kier molecular flexibility index (Phi) is 4.14. The second-order valence-corrected chi connectivity index (χ2v) is 3.50. The van der Waals surface area contributed by atoms with Crippen LogP contribution in [0.2, 0.25) is 0 Å². The smallest absolute Gasteiger partial charge is 0.326 e. The van der Waals surface area contributed by atoms with Gasteiger partial charge < -0.3 is 10.4 Å². The summed E-state index contributed by atoms with van der Waals surface area (Å²) in [6, 6.07) is 1.90. The van der Waals surface area contributed by atoms with Crippen molar-refractivity contribution < 1.29 is 23.5 Å². The quantitative estimate of drug-likeness (QED) is 0.832. The molecule has 1 atom stereocenters. The molecule has 0 heterocycles. The van der Waals surface area contributed by atoms with Crippen LogP contribution in [0.15, 0.2) is 18.2 Å². The van der Waals surface area contributed by atoms with E-state index >= 15 is 0 Å². The fraction of sp³-hybridized carbons (Fsp3) is 0.273. The van der Waals surface area contributed by atoms with Crippen LogP contribution in [0.3, 0.4) is 0 Å². The molecule has 1 rings (SSSR count). The third kappa shape index (κ3) is 3.51. The third-order valence-corrected chi connectivity index (χ3v) is 2.15. The highest BCUT2D eigenvalue weighted by atomic mass is 19.1. The van der Waals surface area contributed by atoms with Gasteiger partial charge in [-0.3, -0.25) is 4.79 Å². The first kappa shape index (κ1) is 13.1. The number of hydrogen-bond donors (Lipinski definition) is 2. The zero-order valence-electron chi connectivity index (χ0n) is 9.04. The molecule has 0 aliphatic heterocycles. The molecule has 0 aromatic heterocycles. The number of aliphatic carboxylic acids is 1. The number of amides is 1. The largest absolute Gasteiger partial charge is 0.480 e. The Balaban J connectivity index is 2.93. The van der Waals surface area contributed by atoms with Crippen molar-refractivity contribution in [2.75, 3.05) is 0 Å². The van der Waals surface area contributed by atoms with Crippen molar-refractivity contribution in [3.8, 4) is 0 Å². The third-order valence-electron chi connectivity index (χ3n) is 2.15. The maximum absolute atomic E-state index is 13.3. The van der Waals surface area contributed by atoms with Gasteiger partial charge in [0.15, 0.2) is 0 Å². The fourth-order valence-corrected chi connectivity index (χ4v) is 1.38. The topological polar surface area (TPSA) is 66.4 Å². The van der Waals surface area contributed by atoms with Crippen LogP contribution in [0, 0.1) is 11.6 Å². The van der Waals surface area contributed by atoms with Crippen LogP contribution < -0.4 is 5.32 Å². The normalized spacial score (nSPS) is 11.9. The fourth-order valence-electron chi connectivity index (χ4n) is 1.38. The molecule has 0 bridgehead atoms. The number of carbonyl (C=O) groups excluding carboxylic acids is 1. The van der Waals surface area contributed by atoms with Gasteiger partial charge in [-0.15, -0.1) is 0 Å². The molecule has 0 aliphatic rings. The monoisotopic (exact) mass is 243 g/mol. The Hall–Kier alpha value is -1.98. The van der Waals surface area contributed by atoms with Crippen molar-refractivity contribution >= 4 is 11.9 Å². The SMILES string of the molecule is CC(=O)N[C@H](Cc1c(F)cccc1F)C(=O)O. The van der Waals surface area contributed by atoms with Crippen LogP contribution in [-0.4, -0.2) is 23.0 Å². The molecule has 4 nitrogen and oxygen atoms in total. The van der Waals surface area contributed by atoms with E-state index in [1.54, 1.807) is 0 Å². The van der Waals surface area contributed by atoms with Gasteiger partial charge >= 0.3 is 5.97 Å². The summed E-state index contributed by atoms with van der Waals surface area (Å²) in [5.41, 5.74) is -0.353. The molecular formula is C11H11F2NO3. The molecule has 1 aromatic rings. The van der Waals surface area contributed by atoms with Crippen LogP contribution >= 0.6 is 0 Å². The molecule has 1 amide bonds. The van der Waals surface area contributed by atoms with E-state index in [0.717, 1.165) is 19.1 Å². The number of carboxylic acids is 1. The summed E-state index contributed by atoms with van der Waals surface area (Å²) >= 11 is 0.